The van der Waals surface area contributed by atoms with Gasteiger partial charge in [0.25, 0.3) is 0 Å². The van der Waals surface area contributed by atoms with E-state index in [1.54, 1.807) is 12.1 Å². The van der Waals surface area contributed by atoms with Crippen molar-refractivity contribution in [2.45, 2.75) is 19.8 Å². The number of nitrogens with one attached hydrogen (secondary N) is 1. The minimum absolute atomic E-state index is 0.0605. The first-order valence-electron chi connectivity index (χ1n) is 5.90. The molecule has 1 aromatic carbocycles. The molecule has 1 heterocycles. The Morgan fingerprint density at radius 1 is 1.42 bits per heavy atom. The number of benzene rings is 1. The predicted octanol–water partition coefficient (Wildman–Crippen LogP) is 4.32. The average Bonchev–Trinajstić information content (AvgIpc) is 2.78. The number of aromatic nitrogens is 1. The first kappa shape index (κ1) is 13.6. The van der Waals surface area contributed by atoms with Gasteiger partial charge < -0.3 is 4.98 Å². The van der Waals surface area contributed by atoms with Crippen LogP contribution in [0.25, 0.3) is 10.9 Å². The van der Waals surface area contributed by atoms with Crippen LogP contribution in [0.3, 0.4) is 0 Å². The Morgan fingerprint density at radius 3 is 2.68 bits per heavy atom. The summed E-state index contributed by atoms with van der Waals surface area (Å²) in [5, 5.41) is 9.67. The Hall–Kier alpha value is -1.86. The fourth-order valence-electron chi connectivity index (χ4n) is 1.95. The highest BCUT2D eigenvalue weighted by Crippen LogP contribution is 2.30. The first-order valence-corrected chi connectivity index (χ1v) is 6.69. The Labute approximate surface area is 120 Å². The van der Waals surface area contributed by atoms with Crippen molar-refractivity contribution >= 4 is 32.6 Å². The maximum absolute atomic E-state index is 11.9. The quantitative estimate of drug-likeness (QED) is 0.521. The van der Waals surface area contributed by atoms with Crippen molar-refractivity contribution in [2.24, 2.45) is 0 Å². The lowest BCUT2D eigenvalue weighted by molar-refractivity contribution is 0.103. The van der Waals surface area contributed by atoms with Gasteiger partial charge in [0.1, 0.15) is 6.07 Å². The predicted molar refractivity (Wildman–Crippen MR) is 79.2 cm³/mol. The van der Waals surface area contributed by atoms with E-state index >= 15 is 0 Å². The van der Waals surface area contributed by atoms with Gasteiger partial charge >= 0.3 is 0 Å². The Morgan fingerprint density at radius 2 is 2.11 bits per heavy atom. The Balaban J connectivity index is 2.56. The molecule has 4 heteroatoms. The molecule has 0 saturated carbocycles. The number of ketones is 1. The van der Waals surface area contributed by atoms with Gasteiger partial charge in [-0.3, -0.25) is 4.79 Å². The molecule has 0 saturated heterocycles. The molecule has 19 heavy (non-hydrogen) atoms. The van der Waals surface area contributed by atoms with E-state index in [-0.39, 0.29) is 11.4 Å². The van der Waals surface area contributed by atoms with Gasteiger partial charge in [0.15, 0.2) is 0 Å². The number of H-pyrrole nitrogens is 1. The number of halogens is 1. The molecule has 0 unspecified atom stereocenters. The molecule has 0 fully saturated rings. The molecule has 0 aliphatic heterocycles. The normalized spacial score (nSPS) is 10.7. The second-order valence-corrected chi connectivity index (χ2v) is 5.57. The van der Waals surface area contributed by atoms with E-state index in [0.29, 0.717) is 11.6 Å². The van der Waals surface area contributed by atoms with Crippen molar-refractivity contribution < 1.29 is 4.79 Å². The van der Waals surface area contributed by atoms with Crippen LogP contribution in [0.4, 0.5) is 0 Å². The van der Waals surface area contributed by atoms with E-state index in [1.807, 2.05) is 12.1 Å². The van der Waals surface area contributed by atoms with E-state index in [4.69, 9.17) is 5.26 Å². The molecule has 2 rings (SSSR count). The van der Waals surface area contributed by atoms with Crippen molar-refractivity contribution in [1.29, 1.82) is 5.26 Å². The third kappa shape index (κ3) is 2.47. The van der Waals surface area contributed by atoms with Crippen LogP contribution >= 0.6 is 15.9 Å². The number of nitrogens with zero attached hydrogens (tertiary/aromatic N) is 1. The number of rotatable bonds is 3. The molecule has 1 N–H and O–H groups in total. The highest BCUT2D eigenvalue weighted by molar-refractivity contribution is 9.10. The number of carbonyl (C=O) groups is 1. The Bertz CT molecular complexity index is 720. The van der Waals surface area contributed by atoms with Gasteiger partial charge in [-0.15, -0.1) is 0 Å². The summed E-state index contributed by atoms with van der Waals surface area (Å²) in [4.78, 5) is 14.9. The molecule has 0 bridgehead atoms. The van der Waals surface area contributed by atoms with Crippen LogP contribution in [0.2, 0.25) is 0 Å². The smallest absolute Gasteiger partial charge is 0.219 e. The lowest BCUT2D eigenvalue weighted by Crippen LogP contribution is -2.00. The molecule has 2 aromatic rings. The third-order valence-electron chi connectivity index (χ3n) is 3.01. The van der Waals surface area contributed by atoms with Crippen LogP contribution in [-0.2, 0) is 0 Å². The molecule has 0 spiro atoms. The van der Waals surface area contributed by atoms with Crippen molar-refractivity contribution in [1.82, 2.24) is 4.98 Å². The number of fused-ring (bicyclic) bond motifs is 1. The lowest BCUT2D eigenvalue weighted by atomic mass is 10.0. The topological polar surface area (TPSA) is 56.6 Å². The summed E-state index contributed by atoms with van der Waals surface area (Å²) in [6.45, 7) is 7.67. The first-order chi connectivity index (χ1) is 8.93. The highest BCUT2D eigenvalue weighted by Gasteiger charge is 2.14. The van der Waals surface area contributed by atoms with Gasteiger partial charge in [0, 0.05) is 15.4 Å². The van der Waals surface area contributed by atoms with Gasteiger partial charge in [-0.25, -0.2) is 0 Å². The van der Waals surface area contributed by atoms with Crippen molar-refractivity contribution in [2.75, 3.05) is 0 Å². The third-order valence-corrected chi connectivity index (χ3v) is 3.70. The minimum atomic E-state index is -0.360. The number of aromatic amines is 1. The fraction of sp³-hybridized carbons (Fsp3) is 0.200. The minimum Gasteiger partial charge on any atom is -0.352 e. The van der Waals surface area contributed by atoms with Crippen molar-refractivity contribution in [3.63, 3.8) is 0 Å². The van der Waals surface area contributed by atoms with Gasteiger partial charge in [0.2, 0.25) is 5.78 Å². The van der Waals surface area contributed by atoms with Gasteiger partial charge in [0.05, 0.1) is 11.3 Å². The lowest BCUT2D eigenvalue weighted by Gasteiger charge is -2.08. The van der Waals surface area contributed by atoms with Crippen LogP contribution in [0.1, 0.15) is 35.8 Å². The molecular formula is C15H13BrN2O. The number of Topliss-reactive ketones (excluding diaryl/α,β-unsaturated/α-hetero) is 1. The summed E-state index contributed by atoms with van der Waals surface area (Å²) in [5.41, 5.74) is 2.39. The van der Waals surface area contributed by atoms with E-state index in [2.05, 4.69) is 41.3 Å². The van der Waals surface area contributed by atoms with Crippen LogP contribution in [0.5, 0.6) is 0 Å². The molecule has 0 radical (unpaired) electrons. The molecule has 3 nitrogen and oxygen atoms in total. The molecule has 0 atom stereocenters. The average molecular weight is 317 g/mol. The maximum atomic E-state index is 11.9. The number of allylic oxidation sites excluding steroid dienone is 1. The SMILES string of the molecule is C=C(C#N)C(=O)c1cc2cc(C(C)C)c(Br)cc2[nH]1. The molecule has 0 aliphatic carbocycles. The second-order valence-electron chi connectivity index (χ2n) is 4.72. The van der Waals surface area contributed by atoms with Crippen LogP contribution < -0.4 is 0 Å². The van der Waals surface area contributed by atoms with Crippen molar-refractivity contribution in [3.05, 3.63) is 46.1 Å². The van der Waals surface area contributed by atoms with E-state index in [9.17, 15) is 4.79 Å². The zero-order chi connectivity index (χ0) is 14.2. The zero-order valence-corrected chi connectivity index (χ0v) is 12.3. The largest absolute Gasteiger partial charge is 0.352 e. The standard InChI is InChI=1S/C15H13BrN2O/c1-8(2)11-4-10-5-14(15(19)9(3)7-17)18-13(10)6-12(11)16/h4-6,8,18H,3H2,1-2H3. The van der Waals surface area contributed by atoms with E-state index in [0.717, 1.165) is 15.4 Å². The monoisotopic (exact) mass is 316 g/mol. The number of hydrogen-bond acceptors (Lipinski definition) is 2. The number of carbonyl (C=O) groups excluding carboxylic acids is 1. The van der Waals surface area contributed by atoms with Gasteiger partial charge in [-0.2, -0.15) is 5.26 Å². The number of nitriles is 1. The summed E-state index contributed by atoms with van der Waals surface area (Å²) in [6.07, 6.45) is 0. The summed E-state index contributed by atoms with van der Waals surface area (Å²) in [5.74, 6) is 0.0304. The van der Waals surface area contributed by atoms with Gasteiger partial charge in [-0.1, -0.05) is 36.4 Å². The summed E-state index contributed by atoms with van der Waals surface area (Å²) >= 11 is 3.53. The molecule has 1 aromatic heterocycles. The summed E-state index contributed by atoms with van der Waals surface area (Å²) < 4.78 is 1.01. The highest BCUT2D eigenvalue weighted by atomic mass is 79.9. The summed E-state index contributed by atoms with van der Waals surface area (Å²) in [6, 6.07) is 7.54. The van der Waals surface area contributed by atoms with Crippen LogP contribution in [0.15, 0.2) is 34.8 Å². The maximum Gasteiger partial charge on any atom is 0.219 e. The van der Waals surface area contributed by atoms with Crippen LogP contribution in [0, 0.1) is 11.3 Å². The van der Waals surface area contributed by atoms with E-state index < -0.39 is 0 Å². The molecular weight excluding hydrogens is 304 g/mol. The van der Waals surface area contributed by atoms with Crippen molar-refractivity contribution in [3.8, 4) is 6.07 Å². The second kappa shape index (κ2) is 5.02. The Kier molecular flexibility index (Phi) is 3.59. The fourth-order valence-corrected chi connectivity index (χ4v) is 2.75. The zero-order valence-electron chi connectivity index (χ0n) is 10.7. The molecule has 96 valence electrons. The van der Waals surface area contributed by atoms with Gasteiger partial charge in [-0.05, 0) is 29.7 Å². The summed E-state index contributed by atoms with van der Waals surface area (Å²) in [7, 11) is 0. The van der Waals surface area contributed by atoms with E-state index in [1.165, 1.54) is 5.56 Å². The molecule has 0 aliphatic rings. The molecule has 0 amide bonds. The number of hydrogen-bond donors (Lipinski definition) is 1. The van der Waals surface area contributed by atoms with Crippen LogP contribution in [-0.4, -0.2) is 10.8 Å².